The number of hydrogen-bond donors (Lipinski definition) is 0. The summed E-state index contributed by atoms with van der Waals surface area (Å²) in [6.07, 6.45) is 14.1. The van der Waals surface area contributed by atoms with E-state index in [9.17, 15) is 9.69 Å². The molecule has 0 aromatic heterocycles. The molecule has 0 aromatic rings. The fraction of sp³-hybridized carbons (Fsp3) is 0.857. The lowest BCUT2D eigenvalue weighted by Gasteiger charge is -2.24. The second-order valence-corrected chi connectivity index (χ2v) is 9.28. The minimum absolute atomic E-state index is 0.125. The zero-order valence-electron chi connectivity index (χ0n) is 17.6. The van der Waals surface area contributed by atoms with Gasteiger partial charge < -0.3 is 9.63 Å². The van der Waals surface area contributed by atoms with E-state index < -0.39 is 14.1 Å². The fourth-order valence-electron chi connectivity index (χ4n) is 3.63. The van der Waals surface area contributed by atoms with E-state index in [0.717, 1.165) is 12.8 Å². The van der Waals surface area contributed by atoms with Gasteiger partial charge in [-0.05, 0) is 6.42 Å². The number of rotatable bonds is 14. The zero-order chi connectivity index (χ0) is 20.2. The van der Waals surface area contributed by atoms with Gasteiger partial charge in [0.15, 0.2) is 5.76 Å². The number of phosphoric ester groups is 1. The fourth-order valence-corrected chi connectivity index (χ4v) is 5.02. The number of phosphoric acid groups is 1. The molecule has 2 aliphatic rings. The molecule has 0 radical (unpaired) electrons. The molecule has 28 heavy (non-hydrogen) atoms. The molecule has 0 bridgehead atoms. The Balaban J connectivity index is 1.58. The second kappa shape index (κ2) is 12.8. The lowest BCUT2D eigenvalue weighted by atomic mass is 10.0. The normalized spacial score (nSPS) is 24.7. The van der Waals surface area contributed by atoms with Crippen LogP contribution in [0.1, 0.15) is 90.9 Å². The summed E-state index contributed by atoms with van der Waals surface area (Å²) in [4.78, 5) is 24.7. The lowest BCUT2D eigenvalue weighted by Crippen LogP contribution is -2.20. The van der Waals surface area contributed by atoms with Crippen LogP contribution < -0.4 is 4.89 Å². The van der Waals surface area contributed by atoms with Crippen molar-refractivity contribution in [2.45, 2.75) is 90.9 Å². The maximum Gasteiger partial charge on any atom is 0.428 e. The van der Waals surface area contributed by atoms with Gasteiger partial charge >= 0.3 is 14.1 Å². The highest BCUT2D eigenvalue weighted by Gasteiger charge is 2.46. The van der Waals surface area contributed by atoms with Crippen LogP contribution in [0.5, 0.6) is 0 Å². The second-order valence-electron chi connectivity index (χ2n) is 7.69. The standard InChI is InChI=1S/C21H37O6P/c1-3-5-6-7-8-9-10-11-12-13-14-15-25-28(23)26-17-18-16-24-21(22)20(18)19(4-2)27-28/h18H,3-17H2,1-2H3/t18-,28?/m0/s1. The van der Waals surface area contributed by atoms with Gasteiger partial charge in [0.05, 0.1) is 18.1 Å². The Labute approximate surface area is 170 Å². The van der Waals surface area contributed by atoms with Crippen molar-refractivity contribution in [2.24, 2.45) is 5.92 Å². The van der Waals surface area contributed by atoms with Crippen molar-refractivity contribution in [1.82, 2.24) is 0 Å². The molecule has 162 valence electrons. The molecule has 2 atom stereocenters. The third-order valence-electron chi connectivity index (χ3n) is 5.32. The Morgan fingerprint density at radius 2 is 1.57 bits per heavy atom. The van der Waals surface area contributed by atoms with Gasteiger partial charge in [-0.15, -0.1) is 0 Å². The van der Waals surface area contributed by atoms with Crippen LogP contribution in [-0.2, 0) is 23.1 Å². The molecule has 6 nitrogen and oxygen atoms in total. The van der Waals surface area contributed by atoms with Crippen LogP contribution in [0.4, 0.5) is 0 Å². The highest BCUT2D eigenvalue weighted by atomic mass is 31.2. The van der Waals surface area contributed by atoms with Gasteiger partial charge in [0.2, 0.25) is 0 Å². The van der Waals surface area contributed by atoms with Gasteiger partial charge in [-0.3, -0.25) is 4.52 Å². The molecule has 2 aliphatic heterocycles. The molecular weight excluding hydrogens is 379 g/mol. The Morgan fingerprint density at radius 1 is 0.964 bits per heavy atom. The van der Waals surface area contributed by atoms with Crippen LogP contribution in [-0.4, -0.2) is 25.8 Å². The first-order valence-corrected chi connectivity index (χ1v) is 12.5. The third kappa shape index (κ3) is 7.62. The van der Waals surface area contributed by atoms with Gasteiger partial charge in [-0.2, -0.15) is 9.05 Å². The van der Waals surface area contributed by atoms with Crippen molar-refractivity contribution in [2.75, 3.05) is 19.8 Å². The lowest BCUT2D eigenvalue weighted by molar-refractivity contribution is -0.245. The summed E-state index contributed by atoms with van der Waals surface area (Å²) in [5.41, 5.74) is 0.457. The summed E-state index contributed by atoms with van der Waals surface area (Å²) in [7, 11) is -3.66. The number of cyclic esters (lactones) is 1. The summed E-state index contributed by atoms with van der Waals surface area (Å²) >= 11 is 0. The van der Waals surface area contributed by atoms with Crippen molar-refractivity contribution in [3.8, 4) is 0 Å². The van der Waals surface area contributed by atoms with Crippen molar-refractivity contribution < 1.29 is 28.0 Å². The summed E-state index contributed by atoms with van der Waals surface area (Å²) in [5, 5.41) is 0. The van der Waals surface area contributed by atoms with Gasteiger partial charge in [-0.25, -0.2) is 4.79 Å². The monoisotopic (exact) mass is 416 g/mol. The molecule has 1 unspecified atom stereocenters. The van der Waals surface area contributed by atoms with Gasteiger partial charge in [0, 0.05) is 6.42 Å². The number of unbranched alkanes of at least 4 members (excludes halogenated alkanes) is 10. The Kier molecular flexibility index (Phi) is 10.8. The quantitative estimate of drug-likeness (QED) is 0.219. The van der Waals surface area contributed by atoms with Gasteiger partial charge in [0.1, 0.15) is 13.2 Å². The van der Waals surface area contributed by atoms with E-state index in [1.165, 1.54) is 57.8 Å². The van der Waals surface area contributed by atoms with Crippen LogP contribution in [0.15, 0.2) is 11.3 Å². The highest BCUT2D eigenvalue weighted by Crippen LogP contribution is 2.58. The van der Waals surface area contributed by atoms with Crippen LogP contribution in [0.2, 0.25) is 0 Å². The largest absolute Gasteiger partial charge is 0.598 e. The molecule has 1 saturated heterocycles. The van der Waals surface area contributed by atoms with E-state index in [-0.39, 0.29) is 19.1 Å². The van der Waals surface area contributed by atoms with Crippen LogP contribution in [0, 0.1) is 5.92 Å². The van der Waals surface area contributed by atoms with Gasteiger partial charge in [0.25, 0.3) is 0 Å². The molecule has 0 spiro atoms. The van der Waals surface area contributed by atoms with E-state index in [2.05, 4.69) is 6.92 Å². The highest BCUT2D eigenvalue weighted by molar-refractivity contribution is 7.54. The molecular formula is C21H37O6P. The number of carbonyl (C=O) groups is 1. The Morgan fingerprint density at radius 3 is 2.18 bits per heavy atom. The number of allylic oxidation sites excluding steroid dienone is 1. The molecule has 0 N–H and O–H groups in total. The average Bonchev–Trinajstić information content (AvgIpc) is 2.98. The zero-order valence-corrected chi connectivity index (χ0v) is 18.5. The van der Waals surface area contributed by atoms with Crippen LogP contribution in [0.3, 0.4) is 0 Å². The topological polar surface area (TPSA) is 77.0 Å². The first-order valence-electron chi connectivity index (χ1n) is 11.1. The van der Waals surface area contributed by atoms with Crippen molar-refractivity contribution in [1.29, 1.82) is 0 Å². The Hall–Kier alpha value is -0.680. The summed E-state index contributed by atoms with van der Waals surface area (Å²) in [6.45, 7) is 4.81. The molecule has 0 saturated carbocycles. The van der Waals surface area contributed by atoms with E-state index in [4.69, 9.17) is 18.3 Å². The first-order chi connectivity index (χ1) is 13.6. The van der Waals surface area contributed by atoms with Crippen LogP contribution >= 0.6 is 8.17 Å². The van der Waals surface area contributed by atoms with Gasteiger partial charge in [-0.1, -0.05) is 78.1 Å². The summed E-state index contributed by atoms with van der Waals surface area (Å²) in [6, 6.07) is 0. The number of ether oxygens (including phenoxy) is 1. The molecule has 0 amide bonds. The minimum atomic E-state index is -3.66. The molecule has 7 heteroatoms. The summed E-state index contributed by atoms with van der Waals surface area (Å²) < 4.78 is 21.5. The number of esters is 1. The average molecular weight is 416 g/mol. The van der Waals surface area contributed by atoms with E-state index in [1.54, 1.807) is 0 Å². The number of fused-ring (bicyclic) bond motifs is 1. The van der Waals surface area contributed by atoms with Crippen molar-refractivity contribution in [3.05, 3.63) is 11.3 Å². The maximum absolute atomic E-state index is 12.8. The predicted molar refractivity (Wildman–Crippen MR) is 108 cm³/mol. The van der Waals surface area contributed by atoms with E-state index >= 15 is 0 Å². The van der Waals surface area contributed by atoms with Crippen molar-refractivity contribution in [3.63, 3.8) is 0 Å². The SMILES string of the molecule is CCCCCCCCCCCCCO[P+]1([O-])OC[C@@H]2COC(=O)C2=C(CC)O1. The maximum atomic E-state index is 12.8. The number of hydrogen-bond acceptors (Lipinski definition) is 6. The predicted octanol–water partition coefficient (Wildman–Crippen LogP) is 5.24. The molecule has 2 rings (SSSR count). The number of carbonyl (C=O) groups excluding carboxylic acids is 1. The molecule has 0 aromatic carbocycles. The smallest absolute Gasteiger partial charge is 0.428 e. The van der Waals surface area contributed by atoms with Crippen LogP contribution in [0.25, 0.3) is 0 Å². The van der Waals surface area contributed by atoms with E-state index in [0.29, 0.717) is 24.4 Å². The molecule has 0 aliphatic carbocycles. The molecule has 1 fully saturated rings. The minimum Gasteiger partial charge on any atom is -0.598 e. The van der Waals surface area contributed by atoms with E-state index in [1.807, 2.05) is 6.92 Å². The molecule has 2 heterocycles. The third-order valence-corrected chi connectivity index (χ3v) is 6.73. The Bertz CT molecular complexity index is 509. The first kappa shape index (κ1) is 23.6. The summed E-state index contributed by atoms with van der Waals surface area (Å²) in [5.74, 6) is -0.236. The van der Waals surface area contributed by atoms with Crippen molar-refractivity contribution >= 4 is 14.1 Å².